The Balaban J connectivity index is 2.59. The van der Waals surface area contributed by atoms with E-state index in [0.29, 0.717) is 20.8 Å². The highest BCUT2D eigenvalue weighted by molar-refractivity contribution is 6.44. The highest BCUT2D eigenvalue weighted by Crippen LogP contribution is 2.32. The van der Waals surface area contributed by atoms with Gasteiger partial charge in [0.15, 0.2) is 0 Å². The van der Waals surface area contributed by atoms with E-state index >= 15 is 0 Å². The Kier molecular flexibility index (Phi) is 7.10. The second kappa shape index (κ2) is 8.08. The number of carbonyl (C=O) groups excluding carboxylic acids is 1. The van der Waals surface area contributed by atoms with Gasteiger partial charge in [-0.3, -0.25) is 4.79 Å². The van der Waals surface area contributed by atoms with Crippen LogP contribution in [-0.4, -0.2) is 11.9 Å². The molecule has 0 saturated heterocycles. The molecule has 0 aliphatic carbocycles. The molecule has 0 aliphatic heterocycles. The predicted molar refractivity (Wildman–Crippen MR) is 86.8 cm³/mol. The van der Waals surface area contributed by atoms with Crippen LogP contribution in [0, 0.1) is 5.92 Å². The SMILES string of the molecule is CC(N)CCCC(C)C(=O)Nc1cc(Cl)c(Cl)cc1Cl. The molecule has 3 nitrogen and oxygen atoms in total. The first-order valence-corrected chi connectivity index (χ1v) is 7.65. The zero-order valence-corrected chi connectivity index (χ0v) is 13.8. The summed E-state index contributed by atoms with van der Waals surface area (Å²) in [5.74, 6) is -0.200. The molecule has 0 aliphatic rings. The van der Waals surface area contributed by atoms with Crippen molar-refractivity contribution in [2.75, 3.05) is 5.32 Å². The van der Waals surface area contributed by atoms with Gasteiger partial charge in [0.2, 0.25) is 5.91 Å². The molecule has 2 unspecified atom stereocenters. The van der Waals surface area contributed by atoms with E-state index in [0.717, 1.165) is 19.3 Å². The van der Waals surface area contributed by atoms with Gasteiger partial charge in [0, 0.05) is 12.0 Å². The molecule has 20 heavy (non-hydrogen) atoms. The van der Waals surface area contributed by atoms with E-state index in [-0.39, 0.29) is 17.9 Å². The average Bonchev–Trinajstić information content (AvgIpc) is 2.35. The fourth-order valence-electron chi connectivity index (χ4n) is 1.75. The third kappa shape index (κ3) is 5.49. The third-order valence-electron chi connectivity index (χ3n) is 3.01. The Morgan fingerprint density at radius 2 is 1.75 bits per heavy atom. The molecular weight excluding hydrogens is 319 g/mol. The lowest BCUT2D eigenvalue weighted by Crippen LogP contribution is -2.21. The fraction of sp³-hybridized carbons (Fsp3) is 0.500. The van der Waals surface area contributed by atoms with Crippen LogP contribution in [0.5, 0.6) is 0 Å². The topological polar surface area (TPSA) is 55.1 Å². The highest BCUT2D eigenvalue weighted by atomic mass is 35.5. The smallest absolute Gasteiger partial charge is 0.227 e. The molecule has 0 fully saturated rings. The molecule has 6 heteroatoms. The maximum Gasteiger partial charge on any atom is 0.227 e. The number of hydrogen-bond acceptors (Lipinski definition) is 2. The van der Waals surface area contributed by atoms with Crippen LogP contribution >= 0.6 is 34.8 Å². The zero-order valence-electron chi connectivity index (χ0n) is 11.6. The van der Waals surface area contributed by atoms with E-state index in [4.69, 9.17) is 40.5 Å². The van der Waals surface area contributed by atoms with Gasteiger partial charge >= 0.3 is 0 Å². The van der Waals surface area contributed by atoms with E-state index in [2.05, 4.69) is 5.32 Å². The van der Waals surface area contributed by atoms with Crippen LogP contribution in [0.25, 0.3) is 0 Å². The number of nitrogens with one attached hydrogen (secondary N) is 1. The minimum absolute atomic E-state index is 0.0880. The van der Waals surface area contributed by atoms with Crippen molar-refractivity contribution >= 4 is 46.4 Å². The van der Waals surface area contributed by atoms with Crippen LogP contribution in [-0.2, 0) is 4.79 Å². The van der Waals surface area contributed by atoms with Gasteiger partial charge in [-0.05, 0) is 31.9 Å². The molecule has 0 bridgehead atoms. The zero-order chi connectivity index (χ0) is 15.3. The summed E-state index contributed by atoms with van der Waals surface area (Å²) in [5, 5.41) is 3.86. The molecule has 3 N–H and O–H groups in total. The van der Waals surface area contributed by atoms with Gasteiger partial charge in [0.25, 0.3) is 0 Å². The number of anilines is 1. The van der Waals surface area contributed by atoms with Crippen LogP contribution in [0.3, 0.4) is 0 Å². The normalized spacial score (nSPS) is 13.9. The number of benzene rings is 1. The summed E-state index contributed by atoms with van der Waals surface area (Å²) in [6.45, 7) is 3.84. The summed E-state index contributed by atoms with van der Waals surface area (Å²) < 4.78 is 0. The molecular formula is C14H19Cl3N2O. The van der Waals surface area contributed by atoms with Crippen molar-refractivity contribution < 1.29 is 4.79 Å². The minimum Gasteiger partial charge on any atom is -0.328 e. The molecule has 1 amide bonds. The number of amides is 1. The number of nitrogens with two attached hydrogens (primary N) is 1. The first-order chi connectivity index (χ1) is 9.31. The molecule has 1 aromatic carbocycles. The van der Waals surface area contributed by atoms with E-state index in [9.17, 15) is 4.79 Å². The van der Waals surface area contributed by atoms with Gasteiger partial charge in [-0.15, -0.1) is 0 Å². The molecule has 0 heterocycles. The van der Waals surface area contributed by atoms with Crippen molar-refractivity contribution in [3.05, 3.63) is 27.2 Å². The maximum atomic E-state index is 12.1. The summed E-state index contributed by atoms with van der Waals surface area (Å²) in [4.78, 5) is 12.1. The van der Waals surface area contributed by atoms with Crippen LogP contribution in [0.1, 0.15) is 33.1 Å². The maximum absolute atomic E-state index is 12.1. The first kappa shape index (κ1) is 17.6. The average molecular weight is 338 g/mol. The quantitative estimate of drug-likeness (QED) is 0.737. The Morgan fingerprint density at radius 3 is 2.35 bits per heavy atom. The molecule has 0 saturated carbocycles. The Labute approximate surface area is 134 Å². The number of carbonyl (C=O) groups is 1. The summed E-state index contributed by atoms with van der Waals surface area (Å²) in [7, 11) is 0. The Hall–Kier alpha value is -0.480. The lowest BCUT2D eigenvalue weighted by molar-refractivity contribution is -0.119. The Morgan fingerprint density at radius 1 is 1.15 bits per heavy atom. The predicted octanol–water partition coefficient (Wildman–Crippen LogP) is 4.74. The molecule has 112 valence electrons. The highest BCUT2D eigenvalue weighted by Gasteiger charge is 2.15. The van der Waals surface area contributed by atoms with E-state index in [1.54, 1.807) is 6.07 Å². The van der Waals surface area contributed by atoms with Crippen LogP contribution in [0.15, 0.2) is 12.1 Å². The van der Waals surface area contributed by atoms with Crippen LogP contribution in [0.2, 0.25) is 15.1 Å². The van der Waals surface area contributed by atoms with E-state index in [1.807, 2.05) is 13.8 Å². The molecule has 2 atom stereocenters. The molecule has 1 aromatic rings. The second-order valence-electron chi connectivity index (χ2n) is 5.04. The number of rotatable bonds is 6. The van der Waals surface area contributed by atoms with Crippen molar-refractivity contribution in [1.29, 1.82) is 0 Å². The van der Waals surface area contributed by atoms with Gasteiger partial charge in [0.1, 0.15) is 0 Å². The summed E-state index contributed by atoms with van der Waals surface area (Å²) in [6, 6.07) is 3.23. The largest absolute Gasteiger partial charge is 0.328 e. The van der Waals surface area contributed by atoms with Crippen molar-refractivity contribution in [3.8, 4) is 0 Å². The van der Waals surface area contributed by atoms with Gasteiger partial charge in [-0.2, -0.15) is 0 Å². The minimum atomic E-state index is -0.112. The second-order valence-corrected chi connectivity index (χ2v) is 6.27. The molecule has 0 radical (unpaired) electrons. The van der Waals surface area contributed by atoms with Crippen molar-refractivity contribution in [2.24, 2.45) is 11.7 Å². The molecule has 0 aromatic heterocycles. The van der Waals surface area contributed by atoms with E-state index < -0.39 is 0 Å². The van der Waals surface area contributed by atoms with Gasteiger partial charge in [-0.1, -0.05) is 48.1 Å². The van der Waals surface area contributed by atoms with Crippen molar-refractivity contribution in [1.82, 2.24) is 0 Å². The lowest BCUT2D eigenvalue weighted by Gasteiger charge is -2.14. The summed E-state index contributed by atoms with van der Waals surface area (Å²) >= 11 is 17.8. The van der Waals surface area contributed by atoms with Crippen molar-refractivity contribution in [2.45, 2.75) is 39.2 Å². The fourth-order valence-corrected chi connectivity index (χ4v) is 2.35. The monoisotopic (exact) mass is 336 g/mol. The third-order valence-corrected chi connectivity index (χ3v) is 4.05. The number of hydrogen-bond donors (Lipinski definition) is 2. The van der Waals surface area contributed by atoms with Gasteiger partial charge in [0.05, 0.1) is 20.8 Å². The summed E-state index contributed by atoms with van der Waals surface area (Å²) in [6.07, 6.45) is 2.61. The number of halogens is 3. The van der Waals surface area contributed by atoms with Gasteiger partial charge in [-0.25, -0.2) is 0 Å². The van der Waals surface area contributed by atoms with E-state index in [1.165, 1.54) is 6.07 Å². The molecule has 1 rings (SSSR count). The summed E-state index contributed by atoms with van der Waals surface area (Å²) in [5.41, 5.74) is 6.16. The van der Waals surface area contributed by atoms with Crippen LogP contribution < -0.4 is 11.1 Å². The first-order valence-electron chi connectivity index (χ1n) is 6.52. The Bertz CT molecular complexity index is 478. The van der Waals surface area contributed by atoms with Crippen molar-refractivity contribution in [3.63, 3.8) is 0 Å². The van der Waals surface area contributed by atoms with Gasteiger partial charge < -0.3 is 11.1 Å². The lowest BCUT2D eigenvalue weighted by atomic mass is 10.0. The molecule has 0 spiro atoms. The van der Waals surface area contributed by atoms with Crippen LogP contribution in [0.4, 0.5) is 5.69 Å². The standard InChI is InChI=1S/C14H19Cl3N2O/c1-8(4-3-5-9(2)18)14(20)19-13-7-11(16)10(15)6-12(13)17/h6-9H,3-5,18H2,1-2H3,(H,19,20).